The van der Waals surface area contributed by atoms with Gasteiger partial charge in [0.25, 0.3) is 5.56 Å². The van der Waals surface area contributed by atoms with Crippen molar-refractivity contribution >= 4 is 33.8 Å². The molecule has 0 aliphatic carbocycles. The molecule has 0 saturated heterocycles. The zero-order chi connectivity index (χ0) is 13.7. The molecule has 7 heteroatoms. The Hall–Kier alpha value is -2.21. The average molecular weight is 277 g/mol. The Labute approximate surface area is 111 Å². The van der Waals surface area contributed by atoms with Crippen LogP contribution >= 0.6 is 11.6 Å². The smallest absolute Gasteiger partial charge is 0.279 e. The third kappa shape index (κ3) is 1.64. The van der Waals surface area contributed by atoms with Gasteiger partial charge in [0.05, 0.1) is 11.0 Å². The van der Waals surface area contributed by atoms with Gasteiger partial charge in [-0.15, -0.1) is 0 Å². The molecule has 0 aliphatic rings. The summed E-state index contributed by atoms with van der Waals surface area (Å²) in [6.07, 6.45) is 0. The molecule has 2 heterocycles. The standard InChI is InChI=1S/C12H9ClN4O2/c1-16-10-9(11(18)17(2)12(16)19)14-7-4-3-6(13)5-8(7)15-10/h3-5H,1-2H3. The van der Waals surface area contributed by atoms with Gasteiger partial charge in [0, 0.05) is 19.1 Å². The lowest BCUT2D eigenvalue weighted by molar-refractivity contribution is 0.706. The Morgan fingerprint density at radius 3 is 2.53 bits per heavy atom. The number of nitrogens with zero attached hydrogens (tertiary/aromatic N) is 4. The van der Waals surface area contributed by atoms with Crippen LogP contribution in [0.5, 0.6) is 0 Å². The number of benzene rings is 1. The zero-order valence-electron chi connectivity index (χ0n) is 10.2. The Morgan fingerprint density at radius 2 is 1.79 bits per heavy atom. The van der Waals surface area contributed by atoms with Gasteiger partial charge in [-0.1, -0.05) is 11.6 Å². The molecule has 0 aliphatic heterocycles. The van der Waals surface area contributed by atoms with Crippen molar-refractivity contribution in [2.75, 3.05) is 0 Å². The van der Waals surface area contributed by atoms with E-state index in [4.69, 9.17) is 11.6 Å². The molecule has 0 bridgehead atoms. The second-order valence-electron chi connectivity index (χ2n) is 4.23. The lowest BCUT2D eigenvalue weighted by Crippen LogP contribution is -2.37. The van der Waals surface area contributed by atoms with Gasteiger partial charge in [-0.05, 0) is 18.2 Å². The molecule has 0 radical (unpaired) electrons. The third-order valence-corrected chi connectivity index (χ3v) is 3.24. The largest absolute Gasteiger partial charge is 0.332 e. The van der Waals surface area contributed by atoms with Crippen LogP contribution in [-0.4, -0.2) is 19.1 Å². The van der Waals surface area contributed by atoms with Crippen LogP contribution in [0.3, 0.4) is 0 Å². The highest BCUT2D eigenvalue weighted by molar-refractivity contribution is 6.31. The monoisotopic (exact) mass is 276 g/mol. The molecular weight excluding hydrogens is 268 g/mol. The predicted molar refractivity (Wildman–Crippen MR) is 72.5 cm³/mol. The van der Waals surface area contributed by atoms with Crippen LogP contribution in [0.25, 0.3) is 22.2 Å². The molecule has 0 amide bonds. The first-order valence-corrected chi connectivity index (χ1v) is 5.90. The second kappa shape index (κ2) is 3.89. The number of hydrogen-bond acceptors (Lipinski definition) is 4. The van der Waals surface area contributed by atoms with Gasteiger partial charge in [-0.3, -0.25) is 13.9 Å². The summed E-state index contributed by atoms with van der Waals surface area (Å²) < 4.78 is 2.31. The molecule has 0 unspecified atom stereocenters. The molecule has 0 spiro atoms. The lowest BCUT2D eigenvalue weighted by atomic mass is 10.3. The van der Waals surface area contributed by atoms with Crippen molar-refractivity contribution in [1.29, 1.82) is 0 Å². The van der Waals surface area contributed by atoms with E-state index in [9.17, 15) is 9.59 Å². The van der Waals surface area contributed by atoms with Gasteiger partial charge < -0.3 is 0 Å². The first kappa shape index (κ1) is 11.9. The number of aromatic nitrogens is 4. The summed E-state index contributed by atoms with van der Waals surface area (Å²) >= 11 is 5.90. The fourth-order valence-corrected chi connectivity index (χ4v) is 2.12. The summed E-state index contributed by atoms with van der Waals surface area (Å²) in [5.74, 6) is 0. The minimum Gasteiger partial charge on any atom is -0.279 e. The number of aryl methyl sites for hydroxylation is 1. The molecule has 2 aromatic heterocycles. The summed E-state index contributed by atoms with van der Waals surface area (Å²) in [6, 6.07) is 5.01. The molecule has 1 aromatic carbocycles. The highest BCUT2D eigenvalue weighted by Crippen LogP contribution is 2.17. The van der Waals surface area contributed by atoms with Gasteiger partial charge in [-0.25, -0.2) is 14.8 Å². The fraction of sp³-hybridized carbons (Fsp3) is 0.167. The van der Waals surface area contributed by atoms with Crippen LogP contribution in [-0.2, 0) is 14.1 Å². The molecule has 6 nitrogen and oxygen atoms in total. The maximum absolute atomic E-state index is 12.0. The van der Waals surface area contributed by atoms with E-state index >= 15 is 0 Å². The molecule has 0 atom stereocenters. The minimum absolute atomic E-state index is 0.166. The lowest BCUT2D eigenvalue weighted by Gasteiger charge is -2.07. The predicted octanol–water partition coefficient (Wildman–Crippen LogP) is 0.834. The van der Waals surface area contributed by atoms with Crippen molar-refractivity contribution < 1.29 is 0 Å². The van der Waals surface area contributed by atoms with E-state index in [0.29, 0.717) is 16.1 Å². The molecule has 0 fully saturated rings. The van der Waals surface area contributed by atoms with E-state index in [-0.39, 0.29) is 11.2 Å². The quantitative estimate of drug-likeness (QED) is 0.570. The van der Waals surface area contributed by atoms with Gasteiger partial charge >= 0.3 is 5.69 Å². The van der Waals surface area contributed by atoms with Crippen LogP contribution in [0.1, 0.15) is 0 Å². The van der Waals surface area contributed by atoms with E-state index < -0.39 is 11.2 Å². The van der Waals surface area contributed by atoms with E-state index in [2.05, 4.69) is 9.97 Å². The Kier molecular flexibility index (Phi) is 2.43. The molecule has 96 valence electrons. The van der Waals surface area contributed by atoms with Gasteiger partial charge in [0.1, 0.15) is 0 Å². The van der Waals surface area contributed by atoms with Crippen LogP contribution in [0, 0.1) is 0 Å². The maximum Gasteiger partial charge on any atom is 0.332 e. The topological polar surface area (TPSA) is 69.8 Å². The van der Waals surface area contributed by atoms with Crippen LogP contribution in [0.2, 0.25) is 5.02 Å². The number of hydrogen-bond donors (Lipinski definition) is 0. The normalized spacial score (nSPS) is 11.3. The van der Waals surface area contributed by atoms with Crippen LogP contribution in [0.15, 0.2) is 27.8 Å². The number of halogens is 1. The maximum atomic E-state index is 12.0. The van der Waals surface area contributed by atoms with E-state index in [1.807, 2.05) is 0 Å². The van der Waals surface area contributed by atoms with Crippen LogP contribution < -0.4 is 11.2 Å². The molecule has 3 rings (SSSR count). The molecular formula is C12H9ClN4O2. The summed E-state index contributed by atoms with van der Waals surface area (Å²) in [4.78, 5) is 32.4. The van der Waals surface area contributed by atoms with Crippen molar-refractivity contribution in [3.63, 3.8) is 0 Å². The highest BCUT2D eigenvalue weighted by Gasteiger charge is 2.12. The Bertz CT molecular complexity index is 942. The summed E-state index contributed by atoms with van der Waals surface area (Å²) in [6.45, 7) is 0. The Balaban J connectivity index is 2.63. The molecule has 3 aromatic rings. The molecule has 19 heavy (non-hydrogen) atoms. The highest BCUT2D eigenvalue weighted by atomic mass is 35.5. The van der Waals surface area contributed by atoms with Gasteiger partial charge in [0.2, 0.25) is 0 Å². The summed E-state index contributed by atoms with van der Waals surface area (Å²) in [7, 11) is 2.97. The first-order chi connectivity index (χ1) is 8.99. The number of fused-ring (bicyclic) bond motifs is 2. The van der Waals surface area contributed by atoms with Crippen molar-refractivity contribution in [3.8, 4) is 0 Å². The van der Waals surface area contributed by atoms with E-state index in [1.165, 1.54) is 11.6 Å². The van der Waals surface area contributed by atoms with E-state index in [0.717, 1.165) is 4.57 Å². The van der Waals surface area contributed by atoms with Crippen molar-refractivity contribution in [1.82, 2.24) is 19.1 Å². The first-order valence-electron chi connectivity index (χ1n) is 5.52. The van der Waals surface area contributed by atoms with Crippen molar-refractivity contribution in [3.05, 3.63) is 44.1 Å². The summed E-state index contributed by atoms with van der Waals surface area (Å²) in [5, 5.41) is 0.523. The zero-order valence-corrected chi connectivity index (χ0v) is 11.0. The SMILES string of the molecule is Cn1c(=O)c2nc3ccc(Cl)cc3nc2n(C)c1=O. The van der Waals surface area contributed by atoms with Gasteiger partial charge in [0.15, 0.2) is 11.2 Å². The minimum atomic E-state index is -0.456. The fourth-order valence-electron chi connectivity index (χ4n) is 1.96. The average Bonchev–Trinajstić information content (AvgIpc) is 2.41. The van der Waals surface area contributed by atoms with Crippen molar-refractivity contribution in [2.24, 2.45) is 14.1 Å². The third-order valence-electron chi connectivity index (χ3n) is 3.01. The second-order valence-corrected chi connectivity index (χ2v) is 4.67. The Morgan fingerprint density at radius 1 is 1.05 bits per heavy atom. The molecule has 0 N–H and O–H groups in total. The van der Waals surface area contributed by atoms with Gasteiger partial charge in [-0.2, -0.15) is 0 Å². The van der Waals surface area contributed by atoms with E-state index in [1.54, 1.807) is 25.2 Å². The summed E-state index contributed by atoms with van der Waals surface area (Å²) in [5.41, 5.74) is 0.633. The van der Waals surface area contributed by atoms with Crippen LogP contribution in [0.4, 0.5) is 0 Å². The number of rotatable bonds is 0. The molecule has 0 saturated carbocycles. The van der Waals surface area contributed by atoms with Crippen molar-refractivity contribution in [2.45, 2.75) is 0 Å².